The molecule has 7 heteroatoms. The molecule has 0 saturated heterocycles. The van der Waals surface area contributed by atoms with Crippen LogP contribution in [0.25, 0.3) is 33.3 Å². The van der Waals surface area contributed by atoms with Gasteiger partial charge in [-0.15, -0.1) is 0 Å². The second-order valence-electron chi connectivity index (χ2n) is 7.43. The minimum Gasteiger partial charge on any atom is -0.497 e. The summed E-state index contributed by atoms with van der Waals surface area (Å²) in [6.45, 7) is 0.436. The summed E-state index contributed by atoms with van der Waals surface area (Å²) in [5.74, 6) is 0.326. The van der Waals surface area contributed by atoms with Crippen molar-refractivity contribution in [2.75, 3.05) is 7.11 Å². The Morgan fingerprint density at radius 2 is 1.70 bits per heavy atom. The molecule has 166 valence electrons. The topological polar surface area (TPSA) is 123 Å². The van der Waals surface area contributed by atoms with Crippen molar-refractivity contribution in [2.45, 2.75) is 6.54 Å². The quantitative estimate of drug-likeness (QED) is 0.378. The van der Waals surface area contributed by atoms with Crippen LogP contribution in [0.5, 0.6) is 5.75 Å². The van der Waals surface area contributed by atoms with Crippen molar-refractivity contribution in [1.82, 2.24) is 10.3 Å². The van der Waals surface area contributed by atoms with Gasteiger partial charge in [0.05, 0.1) is 18.2 Å². The highest BCUT2D eigenvalue weighted by Gasteiger charge is 2.16. The normalized spacial score (nSPS) is 11.9. The highest BCUT2D eigenvalue weighted by Crippen LogP contribution is 2.36. The molecule has 1 aliphatic heterocycles. The standard InChI is InChI=1S/C23H21N3O2.C3H3NO/c1-28-16-8-6-14(7-9-16)21-12-20-18(17-5-3-2-4-15(17)13-24)10-11-19(23(25)27)22(20)26-21;5-3-1-2-4-3/h2-12,26H,13,24H2,1H3,(H2,25,27);1-2H,(H,4,5). The summed E-state index contributed by atoms with van der Waals surface area (Å²) in [5.41, 5.74) is 17.7. The Morgan fingerprint density at radius 3 is 2.27 bits per heavy atom. The fourth-order valence-electron chi connectivity index (χ4n) is 3.70. The molecule has 3 aromatic carbocycles. The molecular weight excluding hydrogens is 416 g/mol. The maximum absolute atomic E-state index is 12.0. The lowest BCUT2D eigenvalue weighted by Crippen LogP contribution is -2.22. The average molecular weight is 441 g/mol. The van der Waals surface area contributed by atoms with Gasteiger partial charge < -0.3 is 26.5 Å². The van der Waals surface area contributed by atoms with Gasteiger partial charge in [0.1, 0.15) is 5.75 Å². The number of rotatable bonds is 5. The summed E-state index contributed by atoms with van der Waals surface area (Å²) in [6.07, 6.45) is 3.07. The van der Waals surface area contributed by atoms with Gasteiger partial charge in [-0.3, -0.25) is 9.59 Å². The van der Waals surface area contributed by atoms with E-state index in [1.54, 1.807) is 19.4 Å². The molecule has 6 N–H and O–H groups in total. The zero-order chi connectivity index (χ0) is 23.4. The van der Waals surface area contributed by atoms with Crippen LogP contribution in [0.1, 0.15) is 15.9 Å². The van der Waals surface area contributed by atoms with Crippen molar-refractivity contribution in [3.8, 4) is 28.1 Å². The number of fused-ring (bicyclic) bond motifs is 1. The number of hydrogen-bond acceptors (Lipinski definition) is 4. The van der Waals surface area contributed by atoms with Crippen LogP contribution in [0.4, 0.5) is 0 Å². The molecule has 0 atom stereocenters. The number of nitrogens with two attached hydrogens (primary N) is 2. The lowest BCUT2D eigenvalue weighted by Gasteiger charge is -2.10. The van der Waals surface area contributed by atoms with E-state index in [0.717, 1.165) is 44.6 Å². The first kappa shape index (κ1) is 21.9. The van der Waals surface area contributed by atoms with Crippen LogP contribution in [0.3, 0.4) is 0 Å². The SMILES string of the molecule is COc1ccc(-c2cc3c(-c4ccccc4CN)ccc(C(N)=O)c3[nH]2)cc1.O=C1C=CN1. The lowest BCUT2D eigenvalue weighted by atomic mass is 9.95. The highest BCUT2D eigenvalue weighted by atomic mass is 16.5. The van der Waals surface area contributed by atoms with Crippen molar-refractivity contribution < 1.29 is 14.3 Å². The molecule has 0 aliphatic carbocycles. The number of primary amides is 1. The number of methoxy groups -OCH3 is 1. The average Bonchev–Trinajstić information content (AvgIpc) is 3.28. The van der Waals surface area contributed by atoms with E-state index in [2.05, 4.69) is 10.3 Å². The fraction of sp³-hybridized carbons (Fsp3) is 0.0769. The number of amides is 2. The van der Waals surface area contributed by atoms with Gasteiger partial charge in [0.2, 0.25) is 5.91 Å². The Bertz CT molecular complexity index is 1350. The second kappa shape index (κ2) is 9.42. The fourth-order valence-corrected chi connectivity index (χ4v) is 3.70. The van der Waals surface area contributed by atoms with Gasteiger partial charge in [0, 0.05) is 29.9 Å². The molecule has 7 nitrogen and oxygen atoms in total. The Labute approximate surface area is 191 Å². The molecule has 0 fully saturated rings. The molecule has 2 heterocycles. The van der Waals surface area contributed by atoms with Crippen LogP contribution in [-0.2, 0) is 11.3 Å². The van der Waals surface area contributed by atoms with Crippen LogP contribution >= 0.6 is 0 Å². The van der Waals surface area contributed by atoms with Crippen LogP contribution in [-0.4, -0.2) is 23.9 Å². The van der Waals surface area contributed by atoms with Crippen LogP contribution in [0.2, 0.25) is 0 Å². The number of benzene rings is 3. The minimum atomic E-state index is -0.466. The van der Waals surface area contributed by atoms with Crippen molar-refractivity contribution >= 4 is 22.7 Å². The van der Waals surface area contributed by atoms with Crippen LogP contribution < -0.4 is 21.5 Å². The second-order valence-corrected chi connectivity index (χ2v) is 7.43. The van der Waals surface area contributed by atoms with Gasteiger partial charge in [-0.1, -0.05) is 30.3 Å². The van der Waals surface area contributed by atoms with Crippen LogP contribution in [0.15, 0.2) is 79.0 Å². The van der Waals surface area contributed by atoms with E-state index in [0.29, 0.717) is 12.1 Å². The molecule has 1 aliphatic rings. The smallest absolute Gasteiger partial charge is 0.250 e. The van der Waals surface area contributed by atoms with Crippen molar-refractivity contribution in [2.24, 2.45) is 11.5 Å². The summed E-state index contributed by atoms with van der Waals surface area (Å²) in [5, 5.41) is 3.32. The summed E-state index contributed by atoms with van der Waals surface area (Å²) in [6, 6.07) is 21.5. The number of carbonyl (C=O) groups excluding carboxylic acids is 2. The number of nitrogens with one attached hydrogen (secondary N) is 2. The van der Waals surface area contributed by atoms with E-state index in [1.165, 1.54) is 6.08 Å². The number of hydrogen-bond donors (Lipinski definition) is 4. The van der Waals surface area contributed by atoms with Gasteiger partial charge in [0.25, 0.3) is 5.91 Å². The third-order valence-electron chi connectivity index (χ3n) is 5.45. The predicted octanol–water partition coefficient (Wildman–Crippen LogP) is 3.70. The largest absolute Gasteiger partial charge is 0.497 e. The summed E-state index contributed by atoms with van der Waals surface area (Å²) >= 11 is 0. The number of aromatic amines is 1. The number of H-pyrrole nitrogens is 1. The van der Waals surface area contributed by atoms with E-state index >= 15 is 0 Å². The Balaban J connectivity index is 0.000000459. The molecule has 33 heavy (non-hydrogen) atoms. The summed E-state index contributed by atoms with van der Waals surface area (Å²) in [7, 11) is 1.64. The predicted molar refractivity (Wildman–Crippen MR) is 129 cm³/mol. The number of carbonyl (C=O) groups is 2. The van der Waals surface area contributed by atoms with E-state index in [4.69, 9.17) is 16.2 Å². The molecule has 0 bridgehead atoms. The molecule has 4 aromatic rings. The Morgan fingerprint density at radius 1 is 1.00 bits per heavy atom. The first-order valence-corrected chi connectivity index (χ1v) is 10.4. The van der Waals surface area contributed by atoms with Gasteiger partial charge in [-0.2, -0.15) is 0 Å². The molecular formula is C26H24N4O3. The number of aromatic nitrogens is 1. The molecule has 0 spiro atoms. The zero-order valence-corrected chi connectivity index (χ0v) is 18.1. The molecule has 1 aromatic heterocycles. The first-order valence-electron chi connectivity index (χ1n) is 10.4. The van der Waals surface area contributed by atoms with Crippen molar-refractivity contribution in [3.05, 3.63) is 90.1 Å². The van der Waals surface area contributed by atoms with E-state index in [9.17, 15) is 9.59 Å². The monoisotopic (exact) mass is 440 g/mol. The van der Waals surface area contributed by atoms with Gasteiger partial charge in [-0.25, -0.2) is 0 Å². The molecule has 0 radical (unpaired) electrons. The maximum Gasteiger partial charge on any atom is 0.250 e. The van der Waals surface area contributed by atoms with Crippen molar-refractivity contribution in [3.63, 3.8) is 0 Å². The zero-order valence-electron chi connectivity index (χ0n) is 18.1. The third kappa shape index (κ3) is 4.49. The van der Waals surface area contributed by atoms with Gasteiger partial charge >= 0.3 is 0 Å². The maximum atomic E-state index is 12.0. The third-order valence-corrected chi connectivity index (χ3v) is 5.45. The Hall–Kier alpha value is -4.36. The first-order chi connectivity index (χ1) is 16.0. The van der Waals surface area contributed by atoms with E-state index in [1.807, 2.05) is 60.7 Å². The van der Waals surface area contributed by atoms with Gasteiger partial charge in [0.15, 0.2) is 0 Å². The molecule has 5 rings (SSSR count). The van der Waals surface area contributed by atoms with Crippen LogP contribution in [0, 0.1) is 0 Å². The molecule has 2 amide bonds. The highest BCUT2D eigenvalue weighted by molar-refractivity contribution is 6.10. The molecule has 0 saturated carbocycles. The molecule has 0 unspecified atom stereocenters. The van der Waals surface area contributed by atoms with E-state index in [-0.39, 0.29) is 5.91 Å². The van der Waals surface area contributed by atoms with Gasteiger partial charge in [-0.05, 0) is 58.7 Å². The van der Waals surface area contributed by atoms with E-state index < -0.39 is 5.91 Å². The lowest BCUT2D eigenvalue weighted by molar-refractivity contribution is -0.117. The summed E-state index contributed by atoms with van der Waals surface area (Å²) < 4.78 is 5.23. The van der Waals surface area contributed by atoms with Crippen molar-refractivity contribution in [1.29, 1.82) is 0 Å². The Kier molecular flexibility index (Phi) is 6.24. The minimum absolute atomic E-state index is 0.00463. The summed E-state index contributed by atoms with van der Waals surface area (Å²) in [4.78, 5) is 25.1. The number of ether oxygens (including phenoxy) is 1.